The Labute approximate surface area is 86.3 Å². The molecule has 0 radical (unpaired) electrons. The van der Waals surface area contributed by atoms with E-state index in [0.29, 0.717) is 10.9 Å². The van der Waals surface area contributed by atoms with Gasteiger partial charge in [-0.1, -0.05) is 11.8 Å². The van der Waals surface area contributed by atoms with E-state index in [1.165, 1.54) is 25.8 Å². The lowest BCUT2D eigenvalue weighted by molar-refractivity contribution is -0.140. The number of thioether (sulfide) groups is 1. The lowest BCUT2D eigenvalue weighted by atomic mass is 10.2. The van der Waals surface area contributed by atoms with Gasteiger partial charge in [0.05, 0.1) is 19.6 Å². The Morgan fingerprint density at radius 2 is 2.43 bits per heavy atom. The first kappa shape index (κ1) is 11.0. The Morgan fingerprint density at radius 1 is 1.71 bits per heavy atom. The smallest absolute Gasteiger partial charge is 0.307 e. The van der Waals surface area contributed by atoms with E-state index in [-0.39, 0.29) is 24.3 Å². The maximum atomic E-state index is 10.9. The molecule has 0 aliphatic carbocycles. The molecule has 1 rings (SSSR count). The van der Waals surface area contributed by atoms with Crippen LogP contribution in [0.15, 0.2) is 4.99 Å². The fraction of sp³-hybridized carbons (Fsp3) is 0.625. The van der Waals surface area contributed by atoms with Crippen molar-refractivity contribution in [1.82, 2.24) is 5.32 Å². The molecule has 0 aromatic heterocycles. The SMILES string of the molecule is COC(=O)CC1CSC(NC(C)=O)=N1. The number of esters is 1. The fourth-order valence-electron chi connectivity index (χ4n) is 1.01. The third-order valence-electron chi connectivity index (χ3n) is 1.63. The van der Waals surface area contributed by atoms with E-state index in [9.17, 15) is 9.59 Å². The van der Waals surface area contributed by atoms with Gasteiger partial charge in [0.25, 0.3) is 0 Å². The maximum Gasteiger partial charge on any atom is 0.307 e. The van der Waals surface area contributed by atoms with Gasteiger partial charge in [-0.15, -0.1) is 0 Å². The van der Waals surface area contributed by atoms with Crippen LogP contribution >= 0.6 is 11.8 Å². The highest BCUT2D eigenvalue weighted by Gasteiger charge is 2.21. The van der Waals surface area contributed by atoms with E-state index in [0.717, 1.165) is 0 Å². The summed E-state index contributed by atoms with van der Waals surface area (Å²) in [5.41, 5.74) is 0. The third kappa shape index (κ3) is 3.37. The first-order valence-corrected chi connectivity index (χ1v) is 5.15. The van der Waals surface area contributed by atoms with E-state index in [1.807, 2.05) is 0 Å². The van der Waals surface area contributed by atoms with Crippen molar-refractivity contribution >= 4 is 28.8 Å². The van der Waals surface area contributed by atoms with Crippen LogP contribution in [-0.2, 0) is 14.3 Å². The monoisotopic (exact) mass is 216 g/mol. The van der Waals surface area contributed by atoms with E-state index < -0.39 is 0 Å². The molecular weight excluding hydrogens is 204 g/mol. The van der Waals surface area contributed by atoms with Gasteiger partial charge in [-0.2, -0.15) is 0 Å². The van der Waals surface area contributed by atoms with Crippen molar-refractivity contribution in [3.05, 3.63) is 0 Å². The molecular formula is C8H12N2O3S. The van der Waals surface area contributed by atoms with Gasteiger partial charge in [0.2, 0.25) is 5.91 Å². The van der Waals surface area contributed by atoms with Crippen LogP contribution in [0.3, 0.4) is 0 Å². The summed E-state index contributed by atoms with van der Waals surface area (Å²) in [7, 11) is 1.35. The second-order valence-corrected chi connectivity index (χ2v) is 3.87. The van der Waals surface area contributed by atoms with Gasteiger partial charge in [0.15, 0.2) is 5.17 Å². The number of nitrogens with zero attached hydrogens (tertiary/aromatic N) is 1. The molecule has 1 heterocycles. The van der Waals surface area contributed by atoms with Crippen LogP contribution in [0.4, 0.5) is 0 Å². The van der Waals surface area contributed by atoms with Crippen molar-refractivity contribution in [2.45, 2.75) is 19.4 Å². The minimum atomic E-state index is -0.275. The Balaban J connectivity index is 2.41. The summed E-state index contributed by atoms with van der Waals surface area (Å²) in [5, 5.41) is 3.17. The number of amides is 1. The van der Waals surface area contributed by atoms with E-state index in [1.54, 1.807) is 0 Å². The van der Waals surface area contributed by atoms with Gasteiger partial charge in [0.1, 0.15) is 0 Å². The number of hydrogen-bond acceptors (Lipinski definition) is 5. The normalized spacial score (nSPS) is 20.1. The second kappa shape index (κ2) is 4.99. The van der Waals surface area contributed by atoms with Gasteiger partial charge in [0, 0.05) is 12.7 Å². The van der Waals surface area contributed by atoms with Crippen LogP contribution < -0.4 is 5.32 Å². The number of amidine groups is 1. The zero-order valence-corrected chi connectivity index (χ0v) is 8.89. The summed E-state index contributed by atoms with van der Waals surface area (Å²) in [6, 6.07) is -0.0747. The highest BCUT2D eigenvalue weighted by Crippen LogP contribution is 2.18. The molecule has 1 aliphatic rings. The molecule has 5 nitrogen and oxygen atoms in total. The lowest BCUT2D eigenvalue weighted by Crippen LogP contribution is -2.24. The number of ether oxygens (including phenoxy) is 1. The van der Waals surface area contributed by atoms with Gasteiger partial charge in [-0.3, -0.25) is 14.6 Å². The average molecular weight is 216 g/mol. The molecule has 6 heteroatoms. The van der Waals surface area contributed by atoms with Crippen LogP contribution in [0.5, 0.6) is 0 Å². The minimum Gasteiger partial charge on any atom is -0.469 e. The molecule has 0 aromatic carbocycles. The first-order valence-electron chi connectivity index (χ1n) is 4.17. The van der Waals surface area contributed by atoms with Crippen LogP contribution in [-0.4, -0.2) is 35.9 Å². The number of carbonyl (C=O) groups excluding carboxylic acids is 2. The summed E-state index contributed by atoms with van der Waals surface area (Å²) < 4.78 is 4.52. The summed E-state index contributed by atoms with van der Waals surface area (Å²) in [4.78, 5) is 25.8. The molecule has 0 bridgehead atoms. The fourth-order valence-corrected chi connectivity index (χ4v) is 2.00. The van der Waals surface area contributed by atoms with Crippen LogP contribution in [0, 0.1) is 0 Å². The topological polar surface area (TPSA) is 67.8 Å². The van der Waals surface area contributed by atoms with Crippen molar-refractivity contribution in [2.24, 2.45) is 4.99 Å². The predicted octanol–water partition coefficient (Wildman–Crippen LogP) is 0.157. The number of nitrogens with one attached hydrogen (secondary N) is 1. The Bertz CT molecular complexity index is 278. The molecule has 1 unspecified atom stereocenters. The number of methoxy groups -OCH3 is 1. The van der Waals surface area contributed by atoms with Crippen molar-refractivity contribution in [3.8, 4) is 0 Å². The number of rotatable bonds is 2. The molecule has 0 fully saturated rings. The first-order chi connectivity index (χ1) is 6.61. The van der Waals surface area contributed by atoms with Crippen molar-refractivity contribution in [3.63, 3.8) is 0 Å². The molecule has 0 spiro atoms. The zero-order chi connectivity index (χ0) is 10.6. The Morgan fingerprint density at radius 3 is 3.00 bits per heavy atom. The van der Waals surface area contributed by atoms with Crippen LogP contribution in [0.25, 0.3) is 0 Å². The number of hydrogen-bond donors (Lipinski definition) is 1. The number of carbonyl (C=O) groups is 2. The van der Waals surface area contributed by atoms with E-state index in [4.69, 9.17) is 0 Å². The van der Waals surface area contributed by atoms with Crippen molar-refractivity contribution < 1.29 is 14.3 Å². The summed E-state index contributed by atoms with van der Waals surface area (Å²) in [6.07, 6.45) is 0.270. The lowest BCUT2D eigenvalue weighted by Gasteiger charge is -2.02. The molecule has 1 N–H and O–H groups in total. The van der Waals surface area contributed by atoms with Crippen molar-refractivity contribution in [1.29, 1.82) is 0 Å². The van der Waals surface area contributed by atoms with Gasteiger partial charge >= 0.3 is 5.97 Å². The van der Waals surface area contributed by atoms with Gasteiger partial charge < -0.3 is 10.1 Å². The van der Waals surface area contributed by atoms with Gasteiger partial charge in [-0.25, -0.2) is 0 Å². The molecule has 0 aromatic rings. The summed E-state index contributed by atoms with van der Waals surface area (Å²) in [6.45, 7) is 1.43. The largest absolute Gasteiger partial charge is 0.469 e. The predicted molar refractivity (Wildman–Crippen MR) is 54.1 cm³/mol. The quantitative estimate of drug-likeness (QED) is 0.667. The van der Waals surface area contributed by atoms with Crippen LogP contribution in [0.2, 0.25) is 0 Å². The molecule has 1 aliphatic heterocycles. The molecule has 14 heavy (non-hydrogen) atoms. The summed E-state index contributed by atoms with van der Waals surface area (Å²) >= 11 is 1.44. The second-order valence-electron chi connectivity index (χ2n) is 2.86. The summed E-state index contributed by atoms with van der Waals surface area (Å²) in [5.74, 6) is 0.295. The molecule has 1 amide bonds. The Kier molecular flexibility index (Phi) is 3.94. The molecule has 78 valence electrons. The Hall–Kier alpha value is -1.04. The zero-order valence-electron chi connectivity index (χ0n) is 8.07. The highest BCUT2D eigenvalue weighted by atomic mass is 32.2. The molecule has 0 saturated carbocycles. The van der Waals surface area contributed by atoms with Crippen LogP contribution in [0.1, 0.15) is 13.3 Å². The minimum absolute atomic E-state index is 0.0747. The third-order valence-corrected chi connectivity index (χ3v) is 2.66. The molecule has 0 saturated heterocycles. The van der Waals surface area contributed by atoms with Gasteiger partial charge in [-0.05, 0) is 0 Å². The standard InChI is InChI=1S/C8H12N2O3S/c1-5(11)9-8-10-6(4-14-8)3-7(12)13-2/h6H,3-4H2,1-2H3,(H,9,10,11). The van der Waals surface area contributed by atoms with E-state index >= 15 is 0 Å². The van der Waals surface area contributed by atoms with E-state index in [2.05, 4.69) is 15.0 Å². The average Bonchev–Trinajstić information content (AvgIpc) is 2.51. The maximum absolute atomic E-state index is 10.9. The van der Waals surface area contributed by atoms with Crippen molar-refractivity contribution in [2.75, 3.05) is 12.9 Å². The highest BCUT2D eigenvalue weighted by molar-refractivity contribution is 8.14. The number of aliphatic imine (C=N–C) groups is 1. The molecule has 1 atom stereocenters.